The number of carbonyl (C=O) groups is 2. The third kappa shape index (κ3) is 3.64. The SMILES string of the molecule is CNC(=O)c1ccc(Cl)c(NC(=O)c2cc(C)c(Br)s2)c1. The molecule has 2 amide bonds. The van der Waals surface area contributed by atoms with E-state index in [9.17, 15) is 9.59 Å². The smallest absolute Gasteiger partial charge is 0.265 e. The quantitative estimate of drug-likeness (QED) is 0.833. The Morgan fingerprint density at radius 3 is 2.52 bits per heavy atom. The van der Waals surface area contributed by atoms with E-state index < -0.39 is 0 Å². The van der Waals surface area contributed by atoms with E-state index in [1.165, 1.54) is 11.3 Å². The normalized spacial score (nSPS) is 10.3. The van der Waals surface area contributed by atoms with Gasteiger partial charge in [0.1, 0.15) is 0 Å². The van der Waals surface area contributed by atoms with Crippen LogP contribution in [0.1, 0.15) is 25.6 Å². The van der Waals surface area contributed by atoms with Crippen LogP contribution in [0, 0.1) is 6.92 Å². The van der Waals surface area contributed by atoms with E-state index in [2.05, 4.69) is 26.6 Å². The molecular formula is C14H12BrClN2O2S. The lowest BCUT2D eigenvalue weighted by atomic mass is 10.2. The lowest BCUT2D eigenvalue weighted by Gasteiger charge is -2.08. The first kappa shape index (κ1) is 16.0. The highest BCUT2D eigenvalue weighted by Crippen LogP contribution is 2.29. The van der Waals surface area contributed by atoms with Crippen LogP contribution in [0.25, 0.3) is 0 Å². The van der Waals surface area contributed by atoms with E-state index in [0.717, 1.165) is 9.35 Å². The lowest BCUT2D eigenvalue weighted by Crippen LogP contribution is -2.18. The van der Waals surface area contributed by atoms with Gasteiger partial charge in [-0.1, -0.05) is 11.6 Å². The lowest BCUT2D eigenvalue weighted by molar-refractivity contribution is 0.0961. The highest BCUT2D eigenvalue weighted by molar-refractivity contribution is 9.11. The van der Waals surface area contributed by atoms with Gasteiger partial charge in [-0.3, -0.25) is 9.59 Å². The number of amides is 2. The summed E-state index contributed by atoms with van der Waals surface area (Å²) in [6.45, 7) is 1.91. The molecule has 110 valence electrons. The van der Waals surface area contributed by atoms with Crippen LogP contribution in [-0.2, 0) is 0 Å². The molecule has 0 atom stereocenters. The Balaban J connectivity index is 2.26. The van der Waals surface area contributed by atoms with E-state index in [0.29, 0.717) is 21.2 Å². The molecule has 2 rings (SSSR count). The molecule has 0 saturated heterocycles. The molecule has 0 radical (unpaired) electrons. The van der Waals surface area contributed by atoms with E-state index in [-0.39, 0.29) is 11.8 Å². The maximum atomic E-state index is 12.2. The van der Waals surface area contributed by atoms with Crippen molar-refractivity contribution in [1.82, 2.24) is 5.32 Å². The summed E-state index contributed by atoms with van der Waals surface area (Å²) in [5.74, 6) is -0.498. The van der Waals surface area contributed by atoms with Crippen LogP contribution in [0.5, 0.6) is 0 Å². The van der Waals surface area contributed by atoms with Crippen molar-refractivity contribution < 1.29 is 9.59 Å². The molecule has 0 fully saturated rings. The zero-order chi connectivity index (χ0) is 15.6. The molecule has 1 aromatic heterocycles. The second kappa shape index (κ2) is 6.60. The van der Waals surface area contributed by atoms with Gasteiger partial charge in [0.25, 0.3) is 11.8 Å². The molecule has 1 heterocycles. The first-order chi connectivity index (χ1) is 9.92. The van der Waals surface area contributed by atoms with Crippen molar-refractivity contribution in [3.05, 3.63) is 49.1 Å². The Morgan fingerprint density at radius 2 is 1.95 bits per heavy atom. The van der Waals surface area contributed by atoms with Crippen LogP contribution in [0.15, 0.2) is 28.1 Å². The maximum Gasteiger partial charge on any atom is 0.265 e. The minimum atomic E-state index is -0.259. The van der Waals surface area contributed by atoms with Gasteiger partial charge in [-0.15, -0.1) is 11.3 Å². The van der Waals surface area contributed by atoms with Gasteiger partial charge in [0.2, 0.25) is 0 Å². The number of anilines is 1. The van der Waals surface area contributed by atoms with Gasteiger partial charge < -0.3 is 10.6 Å². The van der Waals surface area contributed by atoms with Crippen molar-refractivity contribution >= 4 is 56.4 Å². The number of hydrogen-bond acceptors (Lipinski definition) is 3. The molecule has 0 aliphatic heterocycles. The highest BCUT2D eigenvalue weighted by Gasteiger charge is 2.14. The van der Waals surface area contributed by atoms with E-state index >= 15 is 0 Å². The van der Waals surface area contributed by atoms with E-state index in [1.54, 1.807) is 31.3 Å². The fourth-order valence-corrected chi connectivity index (χ4v) is 3.26. The van der Waals surface area contributed by atoms with Crippen LogP contribution >= 0.6 is 38.9 Å². The van der Waals surface area contributed by atoms with Crippen molar-refractivity contribution in [2.75, 3.05) is 12.4 Å². The number of hydrogen-bond donors (Lipinski definition) is 2. The molecule has 7 heteroatoms. The molecule has 1 aromatic carbocycles. The van der Waals surface area contributed by atoms with Gasteiger partial charge >= 0.3 is 0 Å². The molecule has 0 aliphatic rings. The van der Waals surface area contributed by atoms with Gasteiger partial charge in [0, 0.05) is 12.6 Å². The second-order valence-electron chi connectivity index (χ2n) is 4.30. The maximum absolute atomic E-state index is 12.2. The molecule has 2 N–H and O–H groups in total. The molecule has 0 saturated carbocycles. The zero-order valence-electron chi connectivity index (χ0n) is 11.3. The van der Waals surface area contributed by atoms with Crippen LogP contribution in [-0.4, -0.2) is 18.9 Å². The van der Waals surface area contributed by atoms with Crippen LogP contribution in [0.3, 0.4) is 0 Å². The van der Waals surface area contributed by atoms with Crippen LogP contribution in [0.4, 0.5) is 5.69 Å². The Hall–Kier alpha value is -1.37. The summed E-state index contributed by atoms with van der Waals surface area (Å²) in [6.07, 6.45) is 0. The van der Waals surface area contributed by atoms with Crippen molar-refractivity contribution in [2.24, 2.45) is 0 Å². The van der Waals surface area contributed by atoms with Crippen LogP contribution in [0.2, 0.25) is 5.02 Å². The van der Waals surface area contributed by atoms with Crippen molar-refractivity contribution in [3.63, 3.8) is 0 Å². The standard InChI is InChI=1S/C14H12BrClN2O2S/c1-7-5-11(21-12(7)15)14(20)18-10-6-8(13(19)17-2)3-4-9(10)16/h3-6H,1-2H3,(H,17,19)(H,18,20). The van der Waals surface area contributed by atoms with Gasteiger partial charge in [-0.2, -0.15) is 0 Å². The number of thiophene rings is 1. The monoisotopic (exact) mass is 386 g/mol. The Morgan fingerprint density at radius 1 is 1.24 bits per heavy atom. The van der Waals surface area contributed by atoms with Gasteiger partial charge in [-0.05, 0) is 52.7 Å². The first-order valence-corrected chi connectivity index (χ1v) is 8.00. The molecule has 4 nitrogen and oxygen atoms in total. The molecule has 0 aliphatic carbocycles. The Labute approximate surface area is 139 Å². The van der Waals surface area contributed by atoms with Crippen molar-refractivity contribution in [3.8, 4) is 0 Å². The first-order valence-electron chi connectivity index (χ1n) is 6.01. The summed E-state index contributed by atoms with van der Waals surface area (Å²) in [5.41, 5.74) is 1.83. The number of carbonyl (C=O) groups excluding carboxylic acids is 2. The topological polar surface area (TPSA) is 58.2 Å². The summed E-state index contributed by atoms with van der Waals surface area (Å²) in [7, 11) is 1.54. The van der Waals surface area contributed by atoms with Gasteiger partial charge in [-0.25, -0.2) is 0 Å². The molecule has 2 aromatic rings. The summed E-state index contributed by atoms with van der Waals surface area (Å²) < 4.78 is 0.915. The van der Waals surface area contributed by atoms with Gasteiger partial charge in [0.05, 0.1) is 19.4 Å². The third-order valence-electron chi connectivity index (χ3n) is 2.78. The average Bonchev–Trinajstić information content (AvgIpc) is 2.80. The Kier molecular flexibility index (Phi) is 5.03. The second-order valence-corrected chi connectivity index (χ2v) is 7.07. The predicted molar refractivity (Wildman–Crippen MR) is 89.6 cm³/mol. The zero-order valence-corrected chi connectivity index (χ0v) is 14.4. The molecular weight excluding hydrogens is 376 g/mol. The third-order valence-corrected chi connectivity index (χ3v) is 5.25. The molecule has 0 bridgehead atoms. The average molecular weight is 388 g/mol. The van der Waals surface area contributed by atoms with Crippen LogP contribution < -0.4 is 10.6 Å². The fraction of sp³-hybridized carbons (Fsp3) is 0.143. The number of aryl methyl sites for hydroxylation is 1. The number of nitrogens with one attached hydrogen (secondary N) is 2. The van der Waals surface area contributed by atoms with Crippen molar-refractivity contribution in [1.29, 1.82) is 0 Å². The summed E-state index contributed by atoms with van der Waals surface area (Å²) in [6, 6.07) is 6.52. The number of halogens is 2. The predicted octanol–water partition coefficient (Wildman–Crippen LogP) is 4.08. The summed E-state index contributed by atoms with van der Waals surface area (Å²) in [5, 5.41) is 5.63. The summed E-state index contributed by atoms with van der Waals surface area (Å²) in [4.78, 5) is 24.4. The summed E-state index contributed by atoms with van der Waals surface area (Å²) >= 11 is 10.8. The molecule has 0 unspecified atom stereocenters. The minimum Gasteiger partial charge on any atom is -0.355 e. The van der Waals surface area contributed by atoms with Gasteiger partial charge in [0.15, 0.2) is 0 Å². The fourth-order valence-electron chi connectivity index (χ4n) is 1.66. The minimum absolute atomic E-state index is 0.239. The Bertz CT molecular complexity index is 695. The van der Waals surface area contributed by atoms with Crippen molar-refractivity contribution in [2.45, 2.75) is 6.92 Å². The molecule has 21 heavy (non-hydrogen) atoms. The number of rotatable bonds is 3. The largest absolute Gasteiger partial charge is 0.355 e. The number of benzene rings is 1. The van der Waals surface area contributed by atoms with E-state index in [4.69, 9.17) is 11.6 Å². The molecule has 0 spiro atoms. The van der Waals surface area contributed by atoms with E-state index in [1.807, 2.05) is 6.92 Å². The highest BCUT2D eigenvalue weighted by atomic mass is 79.9.